The summed E-state index contributed by atoms with van der Waals surface area (Å²) in [6.07, 6.45) is 2.20. The lowest BCUT2D eigenvalue weighted by Crippen LogP contribution is -2.52. The smallest absolute Gasteiger partial charge is 0.244 e. The molecule has 0 bridgehead atoms. The predicted molar refractivity (Wildman–Crippen MR) is 87.5 cm³/mol. The summed E-state index contributed by atoms with van der Waals surface area (Å²) < 4.78 is 0. The molecule has 2 atom stereocenters. The van der Waals surface area contributed by atoms with Crippen LogP contribution in [0.5, 0.6) is 0 Å². The van der Waals surface area contributed by atoms with Crippen LogP contribution in [0.1, 0.15) is 40.5 Å². The Bertz CT molecular complexity index is 353. The molecule has 2 amide bonds. The van der Waals surface area contributed by atoms with Crippen LogP contribution in [0.4, 0.5) is 0 Å². The minimum Gasteiger partial charge on any atom is -0.344 e. The Labute approximate surface area is 134 Å². The molecule has 1 rings (SSSR count). The minimum atomic E-state index is -0.467. The van der Waals surface area contributed by atoms with Crippen molar-refractivity contribution in [3.63, 3.8) is 0 Å². The Morgan fingerprint density at radius 2 is 1.95 bits per heavy atom. The van der Waals surface area contributed by atoms with Crippen LogP contribution in [0.3, 0.4) is 0 Å². The Morgan fingerprint density at radius 3 is 2.48 bits per heavy atom. The van der Waals surface area contributed by atoms with Gasteiger partial charge in [0.25, 0.3) is 0 Å². The minimum absolute atomic E-state index is 0. The van der Waals surface area contributed by atoms with E-state index in [0.717, 1.165) is 32.5 Å². The fraction of sp³-hybridized carbons (Fsp3) is 0.867. The normalized spacial score (nSPS) is 20.4. The van der Waals surface area contributed by atoms with E-state index in [9.17, 15) is 9.59 Å². The van der Waals surface area contributed by atoms with E-state index < -0.39 is 11.5 Å². The molecule has 0 aliphatic carbocycles. The Kier molecular flexibility index (Phi) is 8.26. The van der Waals surface area contributed by atoms with Crippen LogP contribution in [-0.2, 0) is 9.59 Å². The van der Waals surface area contributed by atoms with Crippen LogP contribution in [0, 0.1) is 11.3 Å². The first-order valence-electron chi connectivity index (χ1n) is 7.50. The van der Waals surface area contributed by atoms with Crippen molar-refractivity contribution in [3.05, 3.63) is 0 Å². The van der Waals surface area contributed by atoms with Crippen molar-refractivity contribution in [2.45, 2.75) is 46.6 Å². The molecule has 0 radical (unpaired) electrons. The molecule has 0 aromatic carbocycles. The Morgan fingerprint density at radius 1 is 1.33 bits per heavy atom. The number of rotatable bonds is 4. The van der Waals surface area contributed by atoms with Gasteiger partial charge in [-0.2, -0.15) is 0 Å². The number of hydrogen-bond donors (Lipinski definition) is 2. The molecule has 6 heteroatoms. The number of halogens is 1. The van der Waals surface area contributed by atoms with Crippen LogP contribution in [0.25, 0.3) is 0 Å². The zero-order valence-corrected chi connectivity index (χ0v) is 14.7. The summed E-state index contributed by atoms with van der Waals surface area (Å²) in [5.74, 6) is 0.466. The summed E-state index contributed by atoms with van der Waals surface area (Å²) in [6, 6.07) is -0.449. The summed E-state index contributed by atoms with van der Waals surface area (Å²) in [5.41, 5.74) is -0.467. The van der Waals surface area contributed by atoms with Gasteiger partial charge in [-0.05, 0) is 39.3 Å². The quantitative estimate of drug-likeness (QED) is 0.824. The van der Waals surface area contributed by atoms with E-state index in [1.165, 1.54) is 0 Å². The highest BCUT2D eigenvalue weighted by molar-refractivity contribution is 5.89. The van der Waals surface area contributed by atoms with E-state index in [0.29, 0.717) is 5.92 Å². The zero-order chi connectivity index (χ0) is 15.3. The molecule has 5 nitrogen and oxygen atoms in total. The van der Waals surface area contributed by atoms with Crippen molar-refractivity contribution >= 4 is 24.2 Å². The Hall–Kier alpha value is -0.810. The van der Waals surface area contributed by atoms with Crippen molar-refractivity contribution in [3.8, 4) is 0 Å². The summed E-state index contributed by atoms with van der Waals surface area (Å²) in [6.45, 7) is 9.85. The lowest BCUT2D eigenvalue weighted by atomic mass is 9.95. The van der Waals surface area contributed by atoms with Crippen molar-refractivity contribution in [1.82, 2.24) is 15.5 Å². The molecular weight excluding hydrogens is 290 g/mol. The fourth-order valence-electron chi connectivity index (χ4n) is 2.47. The molecule has 1 heterocycles. The number of piperidine rings is 1. The molecule has 2 N–H and O–H groups in total. The monoisotopic (exact) mass is 319 g/mol. The maximum atomic E-state index is 12.4. The van der Waals surface area contributed by atoms with Gasteiger partial charge in [0.05, 0.1) is 0 Å². The lowest BCUT2D eigenvalue weighted by Gasteiger charge is -2.34. The first-order chi connectivity index (χ1) is 9.25. The van der Waals surface area contributed by atoms with Gasteiger partial charge < -0.3 is 15.5 Å². The van der Waals surface area contributed by atoms with E-state index in [1.807, 2.05) is 32.7 Å². The number of nitrogens with one attached hydrogen (secondary N) is 2. The van der Waals surface area contributed by atoms with Gasteiger partial charge in [0, 0.05) is 18.5 Å². The van der Waals surface area contributed by atoms with Gasteiger partial charge in [-0.1, -0.05) is 20.8 Å². The van der Waals surface area contributed by atoms with Crippen LogP contribution in [-0.4, -0.2) is 49.4 Å². The molecule has 1 aliphatic rings. The van der Waals surface area contributed by atoms with Crippen molar-refractivity contribution < 1.29 is 9.59 Å². The number of carbonyl (C=O) groups is 2. The zero-order valence-electron chi connectivity index (χ0n) is 13.9. The van der Waals surface area contributed by atoms with Gasteiger partial charge in [0.15, 0.2) is 0 Å². The average Bonchev–Trinajstić information content (AvgIpc) is 2.37. The molecule has 0 aromatic rings. The molecule has 1 saturated heterocycles. The van der Waals surface area contributed by atoms with E-state index in [1.54, 1.807) is 6.92 Å². The SMILES string of the molecule is CNCC1CCCN(C(=O)C(C)NC(=O)C(C)(C)C)C1.Cl. The van der Waals surface area contributed by atoms with E-state index in [-0.39, 0.29) is 24.2 Å². The highest BCUT2D eigenvalue weighted by Crippen LogP contribution is 2.17. The van der Waals surface area contributed by atoms with Crippen molar-refractivity contribution in [1.29, 1.82) is 0 Å². The van der Waals surface area contributed by atoms with Crippen LogP contribution >= 0.6 is 12.4 Å². The first kappa shape index (κ1) is 20.2. The maximum absolute atomic E-state index is 12.4. The molecule has 1 aliphatic heterocycles. The average molecular weight is 320 g/mol. The first-order valence-corrected chi connectivity index (χ1v) is 7.50. The number of hydrogen-bond acceptors (Lipinski definition) is 3. The van der Waals surface area contributed by atoms with Crippen molar-refractivity contribution in [2.24, 2.45) is 11.3 Å². The largest absolute Gasteiger partial charge is 0.344 e. The molecule has 0 saturated carbocycles. The molecule has 21 heavy (non-hydrogen) atoms. The summed E-state index contributed by atoms with van der Waals surface area (Å²) in [4.78, 5) is 26.2. The number of carbonyl (C=O) groups excluding carboxylic acids is 2. The summed E-state index contributed by atoms with van der Waals surface area (Å²) in [7, 11) is 1.94. The fourth-order valence-corrected chi connectivity index (χ4v) is 2.47. The topological polar surface area (TPSA) is 61.4 Å². The highest BCUT2D eigenvalue weighted by Gasteiger charge is 2.29. The number of amides is 2. The third-order valence-corrected chi connectivity index (χ3v) is 3.72. The number of likely N-dealkylation sites (tertiary alicyclic amines) is 1. The van der Waals surface area contributed by atoms with E-state index >= 15 is 0 Å². The van der Waals surface area contributed by atoms with E-state index in [4.69, 9.17) is 0 Å². The second kappa shape index (κ2) is 8.59. The predicted octanol–water partition coefficient (Wildman–Crippen LogP) is 1.42. The third kappa shape index (κ3) is 6.22. The van der Waals surface area contributed by atoms with Gasteiger partial charge in [0.2, 0.25) is 11.8 Å². The van der Waals surface area contributed by atoms with Crippen molar-refractivity contribution in [2.75, 3.05) is 26.7 Å². The van der Waals surface area contributed by atoms with Crippen LogP contribution < -0.4 is 10.6 Å². The lowest BCUT2D eigenvalue weighted by molar-refractivity contribution is -0.139. The molecule has 2 unspecified atom stereocenters. The molecule has 1 fully saturated rings. The second-order valence-corrected chi connectivity index (χ2v) is 6.80. The van der Waals surface area contributed by atoms with Crippen LogP contribution in [0.15, 0.2) is 0 Å². The Balaban J connectivity index is 0.00000400. The van der Waals surface area contributed by atoms with E-state index in [2.05, 4.69) is 10.6 Å². The summed E-state index contributed by atoms with van der Waals surface area (Å²) in [5, 5.41) is 5.99. The molecular formula is C15H30ClN3O2. The molecule has 124 valence electrons. The van der Waals surface area contributed by atoms with Gasteiger partial charge in [-0.25, -0.2) is 0 Å². The molecule has 0 aromatic heterocycles. The number of nitrogens with zero attached hydrogens (tertiary/aromatic N) is 1. The van der Waals surface area contributed by atoms with Gasteiger partial charge in [0.1, 0.15) is 6.04 Å². The van der Waals surface area contributed by atoms with Crippen LogP contribution in [0.2, 0.25) is 0 Å². The molecule has 0 spiro atoms. The summed E-state index contributed by atoms with van der Waals surface area (Å²) >= 11 is 0. The second-order valence-electron chi connectivity index (χ2n) is 6.80. The van der Waals surface area contributed by atoms with Gasteiger partial charge in [-0.3, -0.25) is 9.59 Å². The third-order valence-electron chi connectivity index (χ3n) is 3.72. The maximum Gasteiger partial charge on any atom is 0.244 e. The van der Waals surface area contributed by atoms with Gasteiger partial charge >= 0.3 is 0 Å². The van der Waals surface area contributed by atoms with Gasteiger partial charge in [-0.15, -0.1) is 12.4 Å². The highest BCUT2D eigenvalue weighted by atomic mass is 35.5. The standard InChI is InChI=1S/C15H29N3O2.ClH/c1-11(17-14(20)15(2,3)4)13(19)18-8-6-7-12(10-18)9-16-5;/h11-12,16H,6-10H2,1-5H3,(H,17,20);1H.